The first-order chi connectivity index (χ1) is 21.0. The molecular weight excluding hydrogens is 598 g/mol. The fourth-order valence-electron chi connectivity index (χ4n) is 9.67. The quantitative estimate of drug-likeness (QED) is 0.234. The molecule has 3 aliphatic carbocycles. The van der Waals surface area contributed by atoms with Crippen LogP contribution in [0, 0.1) is 41.5 Å². The number of hydrogen-bond donors (Lipinski definition) is 0. The lowest BCUT2D eigenvalue weighted by Gasteiger charge is -2.48. The van der Waals surface area contributed by atoms with Crippen molar-refractivity contribution in [3.63, 3.8) is 0 Å². The summed E-state index contributed by atoms with van der Waals surface area (Å²) in [6, 6.07) is 9.49. The molecule has 0 N–H and O–H groups in total. The minimum atomic E-state index is -0.701. The van der Waals surface area contributed by atoms with Crippen molar-refractivity contribution in [1.29, 1.82) is 0 Å². The molecule has 5 heteroatoms. The molecule has 1 heterocycles. The predicted molar refractivity (Wildman–Crippen MR) is 196 cm³/mol. The molecule has 2 aromatic carbocycles. The Balaban J connectivity index is 1.58. The highest BCUT2D eigenvalue weighted by Crippen LogP contribution is 2.65. The Morgan fingerprint density at radius 2 is 1.02 bits per heavy atom. The molecule has 0 amide bonds. The van der Waals surface area contributed by atoms with E-state index in [1.807, 2.05) is 0 Å². The van der Waals surface area contributed by atoms with E-state index in [0.717, 1.165) is 43.7 Å². The van der Waals surface area contributed by atoms with Gasteiger partial charge in [-0.2, -0.15) is 0 Å². The van der Waals surface area contributed by atoms with Crippen LogP contribution in [0.3, 0.4) is 0 Å². The van der Waals surface area contributed by atoms with Crippen LogP contribution < -0.4 is 9.80 Å². The maximum Gasteiger partial charge on any atom is 0.122 e. The monoisotopic (exact) mass is 652 g/mol. The average Bonchev–Trinajstić information content (AvgIpc) is 3.37. The summed E-state index contributed by atoms with van der Waals surface area (Å²) in [7, 11) is -0.157. The zero-order valence-electron chi connectivity index (χ0n) is 28.2. The molecule has 3 saturated carbocycles. The number of hydrogen-bond acceptors (Lipinski definition) is 2. The summed E-state index contributed by atoms with van der Waals surface area (Å²) >= 11 is 14.5. The molecule has 0 bridgehead atoms. The van der Waals surface area contributed by atoms with Gasteiger partial charge in [0, 0.05) is 36.5 Å². The summed E-state index contributed by atoms with van der Waals surface area (Å²) in [5, 5.41) is 0. The molecule has 0 spiro atoms. The van der Waals surface area contributed by atoms with E-state index in [9.17, 15) is 0 Å². The predicted octanol–water partition coefficient (Wildman–Crippen LogP) is 11.9. The second-order valence-corrected chi connectivity index (χ2v) is 19.4. The molecule has 2 aromatic rings. The largest absolute Gasteiger partial charge is 0.325 e. The first kappa shape index (κ1) is 32.7. The lowest BCUT2D eigenvalue weighted by Crippen LogP contribution is -2.38. The molecule has 6 rings (SSSR count). The summed E-state index contributed by atoms with van der Waals surface area (Å²) in [6.07, 6.45) is 17.1. The number of aryl methyl sites for hydroxylation is 6. The maximum atomic E-state index is 7.24. The zero-order chi connectivity index (χ0) is 31.2. The Morgan fingerprint density at radius 1 is 0.614 bits per heavy atom. The van der Waals surface area contributed by atoms with Gasteiger partial charge in [-0.1, -0.05) is 81.8 Å². The Labute approximate surface area is 279 Å². The van der Waals surface area contributed by atoms with Crippen LogP contribution in [0.4, 0.5) is 11.4 Å². The van der Waals surface area contributed by atoms with Crippen LogP contribution in [0.1, 0.15) is 117 Å². The van der Waals surface area contributed by atoms with Gasteiger partial charge in [-0.15, -0.1) is 23.2 Å². The van der Waals surface area contributed by atoms with Crippen molar-refractivity contribution >= 4 is 42.5 Å². The highest BCUT2D eigenvalue weighted by molar-refractivity contribution is 7.60. The van der Waals surface area contributed by atoms with Crippen LogP contribution in [0.2, 0.25) is 0 Å². The second kappa shape index (κ2) is 13.5. The van der Waals surface area contributed by atoms with E-state index in [0.29, 0.717) is 5.66 Å². The molecule has 1 saturated heterocycles. The molecule has 4 fully saturated rings. The number of allylic oxidation sites excluding steroid dienone is 1. The van der Waals surface area contributed by atoms with Crippen LogP contribution >= 0.6 is 31.1 Å². The van der Waals surface area contributed by atoms with Crippen molar-refractivity contribution in [2.75, 3.05) is 22.9 Å². The summed E-state index contributed by atoms with van der Waals surface area (Å²) < 4.78 is -0.701. The normalized spacial score (nSPS) is 23.7. The maximum absolute atomic E-state index is 7.24. The molecule has 44 heavy (non-hydrogen) atoms. The van der Waals surface area contributed by atoms with Crippen LogP contribution in [-0.2, 0) is 0 Å². The van der Waals surface area contributed by atoms with Crippen LogP contribution in [0.25, 0.3) is 0 Å². The van der Waals surface area contributed by atoms with E-state index in [1.54, 1.807) is 5.57 Å². The molecule has 0 radical (unpaired) electrons. The molecule has 2 nitrogen and oxygen atoms in total. The van der Waals surface area contributed by atoms with Gasteiger partial charge in [0.05, 0.1) is 0 Å². The molecular formula is C39H55Cl2N2P. The van der Waals surface area contributed by atoms with E-state index in [-0.39, 0.29) is 7.92 Å². The molecule has 1 unspecified atom stereocenters. The van der Waals surface area contributed by atoms with Gasteiger partial charge in [-0.05, 0) is 119 Å². The van der Waals surface area contributed by atoms with Gasteiger partial charge in [-0.25, -0.2) is 0 Å². The number of rotatable bonds is 5. The minimum Gasteiger partial charge on any atom is -0.325 e. The third-order valence-electron chi connectivity index (χ3n) is 11.1. The molecule has 1 aliphatic heterocycles. The average molecular weight is 654 g/mol. The number of benzene rings is 2. The number of anilines is 2. The summed E-state index contributed by atoms with van der Waals surface area (Å²) in [5.74, 6) is 1.42. The van der Waals surface area contributed by atoms with E-state index < -0.39 is 4.33 Å². The topological polar surface area (TPSA) is 6.48 Å². The zero-order valence-corrected chi connectivity index (χ0v) is 30.7. The Bertz CT molecular complexity index is 1250. The third-order valence-corrected chi connectivity index (χ3v) is 15.8. The number of alkyl halides is 2. The summed E-state index contributed by atoms with van der Waals surface area (Å²) in [4.78, 5) is 5.41. The Kier molecular flexibility index (Phi) is 10.0. The van der Waals surface area contributed by atoms with Gasteiger partial charge in [0.25, 0.3) is 0 Å². The van der Waals surface area contributed by atoms with Gasteiger partial charge in [0.1, 0.15) is 10.2 Å². The van der Waals surface area contributed by atoms with E-state index >= 15 is 0 Å². The first-order valence-corrected chi connectivity index (χ1v) is 19.9. The van der Waals surface area contributed by atoms with Crippen LogP contribution in [0.15, 0.2) is 35.7 Å². The highest BCUT2D eigenvalue weighted by Gasteiger charge is 2.47. The fourth-order valence-corrected chi connectivity index (χ4v) is 14.7. The van der Waals surface area contributed by atoms with Gasteiger partial charge in [-0.3, -0.25) is 0 Å². The number of halogens is 2. The van der Waals surface area contributed by atoms with E-state index in [2.05, 4.69) is 75.6 Å². The second-order valence-electron chi connectivity index (χ2n) is 14.8. The van der Waals surface area contributed by atoms with E-state index in [1.165, 1.54) is 115 Å². The van der Waals surface area contributed by atoms with E-state index in [4.69, 9.17) is 23.2 Å². The van der Waals surface area contributed by atoms with Crippen molar-refractivity contribution < 1.29 is 0 Å². The molecule has 0 aromatic heterocycles. The summed E-state index contributed by atoms with van der Waals surface area (Å²) in [6.45, 7) is 15.7. The van der Waals surface area contributed by atoms with Crippen molar-refractivity contribution in [3.05, 3.63) is 69.0 Å². The third kappa shape index (κ3) is 6.62. The Hall–Kier alpha value is -1.21. The van der Waals surface area contributed by atoms with Gasteiger partial charge in [0.15, 0.2) is 0 Å². The molecule has 1 atom stereocenters. The van der Waals surface area contributed by atoms with Crippen molar-refractivity contribution in [1.82, 2.24) is 0 Å². The van der Waals surface area contributed by atoms with Gasteiger partial charge in [0.2, 0.25) is 0 Å². The van der Waals surface area contributed by atoms with Crippen LogP contribution in [-0.4, -0.2) is 34.4 Å². The Morgan fingerprint density at radius 3 is 1.43 bits per heavy atom. The minimum absolute atomic E-state index is 0.157. The van der Waals surface area contributed by atoms with Crippen molar-refractivity contribution in [3.8, 4) is 0 Å². The molecule has 240 valence electrons. The highest BCUT2D eigenvalue weighted by atomic mass is 35.5. The SMILES string of the molecule is Cc1cc(C)c(N2CCN(c3c(C)cc(C)cc3C)C2=C2CC(Cl)(Cl)CCC2P(C2CCCCC2)C2CCCCC2)c(C)c1. The smallest absolute Gasteiger partial charge is 0.122 e. The van der Waals surface area contributed by atoms with Gasteiger partial charge < -0.3 is 9.80 Å². The summed E-state index contributed by atoms with van der Waals surface area (Å²) in [5.41, 5.74) is 14.9. The lowest BCUT2D eigenvalue weighted by atomic mass is 9.92. The van der Waals surface area contributed by atoms with Crippen molar-refractivity contribution in [2.45, 2.75) is 146 Å². The van der Waals surface area contributed by atoms with Crippen LogP contribution in [0.5, 0.6) is 0 Å². The number of nitrogens with zero attached hydrogens (tertiary/aromatic N) is 2. The fraction of sp³-hybridized carbons (Fsp3) is 0.641. The molecule has 4 aliphatic rings. The van der Waals surface area contributed by atoms with Crippen molar-refractivity contribution in [2.24, 2.45) is 0 Å². The first-order valence-electron chi connectivity index (χ1n) is 17.6. The van der Waals surface area contributed by atoms with Gasteiger partial charge >= 0.3 is 0 Å². The standard InChI is InChI=1S/C39H55Cl2N2P/c1-26-21-28(3)36(29(4)22-26)42-19-20-43(37-30(5)23-27(2)24-31(37)6)38(42)34-25-39(40,41)18-17-35(34)44(32-13-9-7-10-14-32)33-15-11-8-12-16-33/h21-24,32-33,35H,7-20,25H2,1-6H3. The lowest BCUT2D eigenvalue weighted by molar-refractivity contribution is 0.474.